The molecule has 3 rings (SSSR count). The van der Waals surface area contributed by atoms with Crippen molar-refractivity contribution < 1.29 is 0 Å². The molecule has 0 amide bonds. The molecule has 0 unspecified atom stereocenters. The van der Waals surface area contributed by atoms with Crippen molar-refractivity contribution in [3.8, 4) is 0 Å². The number of nitrogens with zero attached hydrogens (tertiary/aromatic N) is 6. The fourth-order valence-electron chi connectivity index (χ4n) is 2.80. The standard InChI is InChI=1S/C17H25N7/c1-2-3-4-6-18-15-13-16(22-14-21-15)23-9-11-24(12-10-23)17-19-7-5-8-20-17/h5,7-8,13-14H,2-4,6,9-12H2,1H3,(H,18,21,22). The van der Waals surface area contributed by atoms with Gasteiger partial charge in [0, 0.05) is 51.2 Å². The summed E-state index contributed by atoms with van der Waals surface area (Å²) in [6.07, 6.45) is 8.86. The van der Waals surface area contributed by atoms with Gasteiger partial charge in [0.25, 0.3) is 0 Å². The van der Waals surface area contributed by atoms with Gasteiger partial charge in [-0.05, 0) is 12.5 Å². The SMILES string of the molecule is CCCCCNc1cc(N2CCN(c3ncccn3)CC2)ncn1. The maximum Gasteiger partial charge on any atom is 0.225 e. The lowest BCUT2D eigenvalue weighted by molar-refractivity contribution is 0.634. The maximum atomic E-state index is 4.43. The molecule has 7 nitrogen and oxygen atoms in total. The first-order chi connectivity index (χ1) is 11.9. The second-order valence-electron chi connectivity index (χ2n) is 5.92. The van der Waals surface area contributed by atoms with Crippen LogP contribution in [0.1, 0.15) is 26.2 Å². The van der Waals surface area contributed by atoms with Gasteiger partial charge in [-0.15, -0.1) is 0 Å². The van der Waals surface area contributed by atoms with E-state index in [2.05, 4.69) is 42.0 Å². The third-order valence-corrected chi connectivity index (χ3v) is 4.18. The van der Waals surface area contributed by atoms with Crippen molar-refractivity contribution in [1.29, 1.82) is 0 Å². The van der Waals surface area contributed by atoms with Gasteiger partial charge in [-0.2, -0.15) is 0 Å². The minimum Gasteiger partial charge on any atom is -0.370 e. The zero-order valence-corrected chi connectivity index (χ0v) is 14.2. The van der Waals surface area contributed by atoms with E-state index in [1.807, 2.05) is 12.1 Å². The summed E-state index contributed by atoms with van der Waals surface area (Å²) in [4.78, 5) is 21.9. The molecule has 2 aromatic rings. The molecule has 0 spiro atoms. The topological polar surface area (TPSA) is 70.1 Å². The van der Waals surface area contributed by atoms with Crippen LogP contribution in [0.25, 0.3) is 0 Å². The van der Waals surface area contributed by atoms with Crippen molar-refractivity contribution in [3.63, 3.8) is 0 Å². The van der Waals surface area contributed by atoms with Gasteiger partial charge in [-0.1, -0.05) is 19.8 Å². The summed E-state index contributed by atoms with van der Waals surface area (Å²) in [5, 5.41) is 3.39. The van der Waals surface area contributed by atoms with Crippen molar-refractivity contribution in [3.05, 3.63) is 30.9 Å². The highest BCUT2D eigenvalue weighted by molar-refractivity contribution is 5.49. The van der Waals surface area contributed by atoms with E-state index in [-0.39, 0.29) is 0 Å². The molecule has 24 heavy (non-hydrogen) atoms. The molecule has 0 radical (unpaired) electrons. The van der Waals surface area contributed by atoms with Crippen LogP contribution in [-0.4, -0.2) is 52.7 Å². The fourth-order valence-corrected chi connectivity index (χ4v) is 2.80. The van der Waals surface area contributed by atoms with Crippen LogP contribution in [0.15, 0.2) is 30.9 Å². The van der Waals surface area contributed by atoms with Gasteiger partial charge in [0.1, 0.15) is 18.0 Å². The molecule has 7 heteroatoms. The second-order valence-corrected chi connectivity index (χ2v) is 5.92. The Bertz CT molecular complexity index is 611. The quantitative estimate of drug-likeness (QED) is 0.782. The minimum absolute atomic E-state index is 0.804. The Labute approximate surface area is 143 Å². The molecule has 3 heterocycles. The van der Waals surface area contributed by atoms with E-state index in [4.69, 9.17) is 0 Å². The Kier molecular flexibility index (Phi) is 5.76. The Morgan fingerprint density at radius 2 is 1.71 bits per heavy atom. The Morgan fingerprint density at radius 3 is 2.46 bits per heavy atom. The molecule has 1 aliphatic rings. The fraction of sp³-hybridized carbons (Fsp3) is 0.529. The maximum absolute atomic E-state index is 4.43. The van der Waals surface area contributed by atoms with E-state index in [1.165, 1.54) is 19.3 Å². The number of nitrogens with one attached hydrogen (secondary N) is 1. The number of piperazine rings is 1. The van der Waals surface area contributed by atoms with Crippen molar-refractivity contribution in [2.45, 2.75) is 26.2 Å². The largest absolute Gasteiger partial charge is 0.370 e. The van der Waals surface area contributed by atoms with Gasteiger partial charge in [-0.3, -0.25) is 0 Å². The number of aromatic nitrogens is 4. The van der Waals surface area contributed by atoms with Gasteiger partial charge in [-0.25, -0.2) is 19.9 Å². The normalized spacial score (nSPS) is 14.7. The van der Waals surface area contributed by atoms with Crippen molar-refractivity contribution in [2.75, 3.05) is 47.8 Å². The van der Waals surface area contributed by atoms with Crippen LogP contribution < -0.4 is 15.1 Å². The van der Waals surface area contributed by atoms with Crippen LogP contribution in [0.2, 0.25) is 0 Å². The monoisotopic (exact) mass is 327 g/mol. The minimum atomic E-state index is 0.804. The molecule has 0 atom stereocenters. The summed E-state index contributed by atoms with van der Waals surface area (Å²) in [5.41, 5.74) is 0. The van der Waals surface area contributed by atoms with Crippen LogP contribution >= 0.6 is 0 Å². The Hall–Kier alpha value is -2.44. The third kappa shape index (κ3) is 4.31. The van der Waals surface area contributed by atoms with Gasteiger partial charge >= 0.3 is 0 Å². The first-order valence-corrected chi connectivity index (χ1v) is 8.69. The van der Waals surface area contributed by atoms with E-state index in [1.54, 1.807) is 18.7 Å². The molecule has 0 bridgehead atoms. The molecule has 1 fully saturated rings. The summed E-state index contributed by atoms with van der Waals surface area (Å²) in [5.74, 6) is 2.69. The van der Waals surface area contributed by atoms with Gasteiger partial charge in [0.2, 0.25) is 5.95 Å². The smallest absolute Gasteiger partial charge is 0.225 e. The molecule has 0 saturated carbocycles. The number of hydrogen-bond donors (Lipinski definition) is 1. The van der Waals surface area contributed by atoms with Crippen LogP contribution in [0.5, 0.6) is 0 Å². The average Bonchev–Trinajstić information content (AvgIpc) is 2.66. The van der Waals surface area contributed by atoms with Crippen molar-refractivity contribution in [2.24, 2.45) is 0 Å². The first-order valence-electron chi connectivity index (χ1n) is 8.69. The Balaban J connectivity index is 1.54. The average molecular weight is 327 g/mol. The summed E-state index contributed by atoms with van der Waals surface area (Å²) < 4.78 is 0. The van der Waals surface area contributed by atoms with Crippen LogP contribution in [0.4, 0.5) is 17.6 Å². The highest BCUT2D eigenvalue weighted by atomic mass is 15.3. The summed E-state index contributed by atoms with van der Waals surface area (Å²) >= 11 is 0. The lowest BCUT2D eigenvalue weighted by Gasteiger charge is -2.35. The van der Waals surface area contributed by atoms with Crippen molar-refractivity contribution >= 4 is 17.6 Å². The highest BCUT2D eigenvalue weighted by Gasteiger charge is 2.20. The number of anilines is 3. The van der Waals surface area contributed by atoms with Gasteiger partial charge in [0.05, 0.1) is 0 Å². The van der Waals surface area contributed by atoms with E-state index in [9.17, 15) is 0 Å². The molecule has 1 N–H and O–H groups in total. The van der Waals surface area contributed by atoms with Crippen LogP contribution in [0.3, 0.4) is 0 Å². The lowest BCUT2D eigenvalue weighted by Crippen LogP contribution is -2.47. The van der Waals surface area contributed by atoms with E-state index in [0.29, 0.717) is 0 Å². The van der Waals surface area contributed by atoms with E-state index >= 15 is 0 Å². The van der Waals surface area contributed by atoms with E-state index in [0.717, 1.165) is 50.3 Å². The molecule has 1 aliphatic heterocycles. The molecule has 0 aliphatic carbocycles. The zero-order valence-electron chi connectivity index (χ0n) is 14.2. The number of hydrogen-bond acceptors (Lipinski definition) is 7. The number of rotatable bonds is 7. The third-order valence-electron chi connectivity index (χ3n) is 4.18. The molecule has 0 aromatic carbocycles. The molecule has 128 valence electrons. The Morgan fingerprint density at radius 1 is 0.958 bits per heavy atom. The molecular weight excluding hydrogens is 302 g/mol. The zero-order chi connectivity index (χ0) is 16.6. The summed E-state index contributed by atoms with van der Waals surface area (Å²) in [6, 6.07) is 3.89. The van der Waals surface area contributed by atoms with Crippen LogP contribution in [0, 0.1) is 0 Å². The summed E-state index contributed by atoms with van der Waals surface area (Å²) in [6.45, 7) is 6.78. The first kappa shape index (κ1) is 16.4. The molecular formula is C17H25N7. The predicted molar refractivity (Wildman–Crippen MR) is 96.5 cm³/mol. The number of unbranched alkanes of at least 4 members (excludes halogenated alkanes) is 2. The molecule has 2 aromatic heterocycles. The van der Waals surface area contributed by atoms with Crippen LogP contribution in [-0.2, 0) is 0 Å². The van der Waals surface area contributed by atoms with Gasteiger partial charge < -0.3 is 15.1 Å². The van der Waals surface area contributed by atoms with Crippen molar-refractivity contribution in [1.82, 2.24) is 19.9 Å². The lowest BCUT2D eigenvalue weighted by atomic mass is 10.2. The van der Waals surface area contributed by atoms with Gasteiger partial charge in [0.15, 0.2) is 0 Å². The highest BCUT2D eigenvalue weighted by Crippen LogP contribution is 2.18. The second kappa shape index (κ2) is 8.42. The predicted octanol–water partition coefficient (Wildman–Crippen LogP) is 2.20. The summed E-state index contributed by atoms with van der Waals surface area (Å²) in [7, 11) is 0. The molecule has 1 saturated heterocycles. The van der Waals surface area contributed by atoms with E-state index < -0.39 is 0 Å².